The lowest BCUT2D eigenvalue weighted by Gasteiger charge is -2.19. The molecular weight excluding hydrogens is 344 g/mol. The second kappa shape index (κ2) is 8.58. The summed E-state index contributed by atoms with van der Waals surface area (Å²) < 4.78 is 0. The summed E-state index contributed by atoms with van der Waals surface area (Å²) in [6.45, 7) is 2.01. The van der Waals surface area contributed by atoms with Gasteiger partial charge in [-0.05, 0) is 24.6 Å². The van der Waals surface area contributed by atoms with E-state index < -0.39 is 0 Å². The van der Waals surface area contributed by atoms with Gasteiger partial charge in [-0.1, -0.05) is 60.3 Å². The first kappa shape index (κ1) is 18.1. The van der Waals surface area contributed by atoms with E-state index in [9.17, 15) is 4.79 Å². The van der Waals surface area contributed by atoms with Gasteiger partial charge in [0.05, 0.1) is 17.1 Å². The molecular formula is C20H22N4OS. The summed E-state index contributed by atoms with van der Waals surface area (Å²) in [5.74, 6) is 0.231. The molecule has 0 atom stereocenters. The first-order chi connectivity index (χ1) is 12.6. The fourth-order valence-corrected chi connectivity index (χ4v) is 3.30. The second-order valence-electron chi connectivity index (χ2n) is 5.99. The molecule has 1 heterocycles. The zero-order valence-electron chi connectivity index (χ0n) is 14.9. The van der Waals surface area contributed by atoms with Gasteiger partial charge in [0, 0.05) is 19.2 Å². The molecule has 26 heavy (non-hydrogen) atoms. The lowest BCUT2D eigenvalue weighted by atomic mass is 10.1. The first-order valence-corrected chi connectivity index (χ1v) is 9.41. The molecule has 134 valence electrons. The third-order valence-corrected chi connectivity index (χ3v) is 4.83. The van der Waals surface area contributed by atoms with Gasteiger partial charge in [0.1, 0.15) is 0 Å². The Morgan fingerprint density at radius 3 is 2.46 bits per heavy atom. The number of amides is 1. The molecule has 3 rings (SSSR count). The van der Waals surface area contributed by atoms with Crippen LogP contribution >= 0.6 is 11.8 Å². The third kappa shape index (κ3) is 4.89. The summed E-state index contributed by atoms with van der Waals surface area (Å²) in [6.07, 6.45) is 0.784. The highest BCUT2D eigenvalue weighted by Gasteiger charge is 2.11. The number of anilines is 1. The number of hydrazine groups is 1. The molecule has 0 aliphatic carbocycles. The average molecular weight is 366 g/mol. The normalized spacial score (nSPS) is 10.5. The van der Waals surface area contributed by atoms with Gasteiger partial charge in [0.25, 0.3) is 0 Å². The lowest BCUT2D eigenvalue weighted by Crippen LogP contribution is -2.40. The predicted molar refractivity (Wildman–Crippen MR) is 106 cm³/mol. The van der Waals surface area contributed by atoms with Crippen molar-refractivity contribution in [3.8, 4) is 0 Å². The molecule has 0 fully saturated rings. The van der Waals surface area contributed by atoms with Crippen molar-refractivity contribution in [2.45, 2.75) is 18.5 Å². The highest BCUT2D eigenvalue weighted by Crippen LogP contribution is 2.19. The zero-order chi connectivity index (χ0) is 18.4. The van der Waals surface area contributed by atoms with Crippen molar-refractivity contribution >= 4 is 23.4 Å². The van der Waals surface area contributed by atoms with E-state index in [2.05, 4.69) is 27.5 Å². The molecule has 1 amide bonds. The van der Waals surface area contributed by atoms with E-state index in [4.69, 9.17) is 0 Å². The molecule has 0 spiro atoms. The fraction of sp³-hybridized carbons (Fsp3) is 0.200. The summed E-state index contributed by atoms with van der Waals surface area (Å²) in [7, 11) is 1.83. The molecule has 5 nitrogen and oxygen atoms in total. The molecule has 0 saturated carbocycles. The number of aromatic nitrogens is 2. The molecule has 0 bridgehead atoms. The largest absolute Gasteiger partial charge is 0.337 e. The van der Waals surface area contributed by atoms with Crippen LogP contribution in [0.15, 0.2) is 65.8 Å². The Kier molecular flexibility index (Phi) is 5.96. The van der Waals surface area contributed by atoms with Gasteiger partial charge in [0.2, 0.25) is 5.91 Å². The van der Waals surface area contributed by atoms with Gasteiger partial charge in [0.15, 0.2) is 5.16 Å². The number of carbonyl (C=O) groups is 1. The number of hydrogen-bond donors (Lipinski definition) is 2. The number of aromatic amines is 1. The van der Waals surface area contributed by atoms with Crippen LogP contribution < -0.4 is 10.4 Å². The van der Waals surface area contributed by atoms with E-state index in [1.165, 1.54) is 17.3 Å². The molecule has 0 saturated heterocycles. The number of benzene rings is 2. The van der Waals surface area contributed by atoms with Crippen molar-refractivity contribution in [1.29, 1.82) is 0 Å². The number of rotatable bonds is 7. The van der Waals surface area contributed by atoms with E-state index in [1.807, 2.05) is 62.5 Å². The number of nitrogens with zero attached hydrogens (tertiary/aromatic N) is 2. The number of hydrogen-bond acceptors (Lipinski definition) is 4. The van der Waals surface area contributed by atoms with Gasteiger partial charge >= 0.3 is 0 Å². The van der Waals surface area contributed by atoms with Gasteiger partial charge in [-0.2, -0.15) is 0 Å². The maximum atomic E-state index is 12.2. The minimum atomic E-state index is -0.0694. The average Bonchev–Trinajstić information content (AvgIpc) is 3.01. The molecule has 6 heteroatoms. The van der Waals surface area contributed by atoms with Crippen molar-refractivity contribution in [2.24, 2.45) is 0 Å². The Balaban J connectivity index is 1.53. The van der Waals surface area contributed by atoms with Crippen LogP contribution in [-0.4, -0.2) is 28.7 Å². The number of aryl methyl sites for hydroxylation is 1. The highest BCUT2D eigenvalue weighted by atomic mass is 32.2. The van der Waals surface area contributed by atoms with E-state index >= 15 is 0 Å². The van der Waals surface area contributed by atoms with Crippen molar-refractivity contribution < 1.29 is 4.79 Å². The maximum Gasteiger partial charge on any atom is 0.248 e. The minimum absolute atomic E-state index is 0.0694. The molecule has 1 aromatic heterocycles. The Hall–Kier alpha value is -2.73. The highest BCUT2D eigenvalue weighted by molar-refractivity contribution is 7.99. The number of carbonyl (C=O) groups excluding carboxylic acids is 1. The van der Waals surface area contributed by atoms with Gasteiger partial charge < -0.3 is 4.98 Å². The van der Waals surface area contributed by atoms with Gasteiger partial charge in [-0.15, -0.1) is 0 Å². The summed E-state index contributed by atoms with van der Waals surface area (Å²) >= 11 is 1.41. The van der Waals surface area contributed by atoms with E-state index in [0.717, 1.165) is 28.7 Å². The topological polar surface area (TPSA) is 61.0 Å². The number of H-pyrrole nitrogens is 1. The maximum absolute atomic E-state index is 12.2. The van der Waals surface area contributed by atoms with Gasteiger partial charge in [-0.3, -0.25) is 15.2 Å². The van der Waals surface area contributed by atoms with Crippen LogP contribution in [0.2, 0.25) is 0 Å². The van der Waals surface area contributed by atoms with Crippen LogP contribution in [0.4, 0.5) is 5.69 Å². The lowest BCUT2D eigenvalue weighted by molar-refractivity contribution is -0.118. The summed E-state index contributed by atoms with van der Waals surface area (Å²) in [4.78, 5) is 20.1. The fourth-order valence-electron chi connectivity index (χ4n) is 2.57. The van der Waals surface area contributed by atoms with Crippen LogP contribution in [0.5, 0.6) is 0 Å². The second-order valence-corrected chi connectivity index (χ2v) is 6.96. The predicted octanol–water partition coefficient (Wildman–Crippen LogP) is 3.57. The summed E-state index contributed by atoms with van der Waals surface area (Å²) in [5, 5.41) is 2.49. The molecule has 0 radical (unpaired) electrons. The molecule has 2 aromatic carbocycles. The number of para-hydroxylation sites is 1. The quantitative estimate of drug-likeness (QED) is 0.496. The molecule has 0 aliphatic heterocycles. The number of nitrogens with one attached hydrogen (secondary N) is 2. The van der Waals surface area contributed by atoms with Crippen molar-refractivity contribution in [2.75, 3.05) is 17.8 Å². The molecule has 2 N–H and O–H groups in total. The summed E-state index contributed by atoms with van der Waals surface area (Å²) in [6, 6.07) is 20.0. The zero-order valence-corrected chi connectivity index (χ0v) is 15.7. The van der Waals surface area contributed by atoms with Crippen LogP contribution in [0.25, 0.3) is 0 Å². The number of thioether (sulfide) groups is 1. The van der Waals surface area contributed by atoms with Crippen molar-refractivity contribution in [1.82, 2.24) is 15.4 Å². The molecule has 3 aromatic rings. The third-order valence-electron chi connectivity index (χ3n) is 3.95. The monoisotopic (exact) mass is 366 g/mol. The molecule has 0 aliphatic rings. The minimum Gasteiger partial charge on any atom is -0.337 e. The first-order valence-electron chi connectivity index (χ1n) is 8.42. The molecule has 0 unspecified atom stereocenters. The van der Waals surface area contributed by atoms with E-state index in [0.29, 0.717) is 5.75 Å². The SMILES string of the molecule is Cc1[nH]c(SCC(=O)NN(C)c2ccccc2)nc1Cc1ccccc1. The van der Waals surface area contributed by atoms with Crippen LogP contribution in [0.1, 0.15) is 17.0 Å². The van der Waals surface area contributed by atoms with E-state index in [-0.39, 0.29) is 5.91 Å². The number of imidazole rings is 1. The van der Waals surface area contributed by atoms with Crippen LogP contribution in [-0.2, 0) is 11.2 Å². The smallest absolute Gasteiger partial charge is 0.248 e. The van der Waals surface area contributed by atoms with E-state index in [1.54, 1.807) is 5.01 Å². The Bertz CT molecular complexity index is 849. The summed E-state index contributed by atoms with van der Waals surface area (Å²) in [5.41, 5.74) is 7.07. The Labute approximate surface area is 157 Å². The van der Waals surface area contributed by atoms with Crippen LogP contribution in [0, 0.1) is 6.92 Å². The Morgan fingerprint density at radius 1 is 1.12 bits per heavy atom. The van der Waals surface area contributed by atoms with Crippen LogP contribution in [0.3, 0.4) is 0 Å². The van der Waals surface area contributed by atoms with Crippen molar-refractivity contribution in [3.05, 3.63) is 77.6 Å². The van der Waals surface area contributed by atoms with Crippen molar-refractivity contribution in [3.63, 3.8) is 0 Å². The van der Waals surface area contributed by atoms with Gasteiger partial charge in [-0.25, -0.2) is 4.98 Å². The standard InChI is InChI=1S/C20H22N4OS/c1-15-18(13-16-9-5-3-6-10-16)22-20(21-15)26-14-19(25)23-24(2)17-11-7-4-8-12-17/h3-12H,13-14H2,1-2H3,(H,21,22)(H,23,25). The Morgan fingerprint density at radius 2 is 1.77 bits per heavy atom.